The van der Waals surface area contributed by atoms with Crippen molar-refractivity contribution < 1.29 is 5.11 Å². The molecule has 15 heavy (non-hydrogen) atoms. The summed E-state index contributed by atoms with van der Waals surface area (Å²) in [5.74, 6) is 2.93. The minimum absolute atomic E-state index is 0.0537. The molecule has 0 radical (unpaired) electrons. The molecule has 0 spiro atoms. The maximum absolute atomic E-state index is 9.33. The smallest absolute Gasteiger partial charge is 0.0609 e. The Kier molecular flexibility index (Phi) is 3.09. The number of likely N-dealkylation sites (N-methyl/N-ethyl adjacent to an activating group) is 1. The Bertz CT molecular complexity index is 227. The number of hydrogen-bond acceptors (Lipinski definition) is 2. The molecule has 0 aromatic rings. The first-order chi connectivity index (χ1) is 7.03. The van der Waals surface area contributed by atoms with Crippen LogP contribution in [0.4, 0.5) is 0 Å². The molecular formula is C13H25NO. The van der Waals surface area contributed by atoms with Crippen LogP contribution < -0.4 is 0 Å². The van der Waals surface area contributed by atoms with Gasteiger partial charge in [-0.2, -0.15) is 0 Å². The molecular weight excluding hydrogens is 186 g/mol. The molecule has 2 nitrogen and oxygen atoms in total. The first-order valence-electron chi connectivity index (χ1n) is 6.35. The van der Waals surface area contributed by atoms with Crippen molar-refractivity contribution in [2.75, 3.05) is 20.2 Å². The van der Waals surface area contributed by atoms with Crippen LogP contribution in [-0.2, 0) is 0 Å². The van der Waals surface area contributed by atoms with E-state index in [9.17, 15) is 5.11 Å². The Morgan fingerprint density at radius 3 is 2.47 bits per heavy atom. The second-order valence-electron chi connectivity index (χ2n) is 6.29. The molecule has 3 atom stereocenters. The molecule has 0 aromatic carbocycles. The van der Waals surface area contributed by atoms with Crippen molar-refractivity contribution >= 4 is 0 Å². The number of aliphatic hydroxyl groups is 1. The fourth-order valence-corrected chi connectivity index (χ4v) is 3.32. The zero-order valence-corrected chi connectivity index (χ0v) is 10.4. The zero-order chi connectivity index (χ0) is 11.1. The lowest BCUT2D eigenvalue weighted by atomic mass is 9.87. The van der Waals surface area contributed by atoms with Crippen LogP contribution in [0.3, 0.4) is 0 Å². The van der Waals surface area contributed by atoms with Gasteiger partial charge in [-0.1, -0.05) is 6.42 Å². The van der Waals surface area contributed by atoms with Crippen LogP contribution in [0.2, 0.25) is 0 Å². The van der Waals surface area contributed by atoms with Gasteiger partial charge in [0.1, 0.15) is 0 Å². The summed E-state index contributed by atoms with van der Waals surface area (Å²) in [6.45, 7) is 5.68. The van der Waals surface area contributed by atoms with Gasteiger partial charge in [-0.3, -0.25) is 4.90 Å². The van der Waals surface area contributed by atoms with Crippen LogP contribution in [0.5, 0.6) is 0 Å². The fourth-order valence-electron chi connectivity index (χ4n) is 3.32. The van der Waals surface area contributed by atoms with Gasteiger partial charge in [0.2, 0.25) is 0 Å². The fraction of sp³-hybridized carbons (Fsp3) is 1.00. The quantitative estimate of drug-likeness (QED) is 0.770. The third-order valence-electron chi connectivity index (χ3n) is 4.81. The topological polar surface area (TPSA) is 23.5 Å². The van der Waals surface area contributed by atoms with Crippen LogP contribution in [0.1, 0.15) is 39.5 Å². The highest BCUT2D eigenvalue weighted by molar-refractivity contribution is 4.92. The lowest BCUT2D eigenvalue weighted by Crippen LogP contribution is -2.46. The second kappa shape index (κ2) is 4.06. The molecule has 2 aliphatic rings. The van der Waals surface area contributed by atoms with Crippen LogP contribution >= 0.6 is 0 Å². The van der Waals surface area contributed by atoms with Gasteiger partial charge in [0, 0.05) is 12.1 Å². The lowest BCUT2D eigenvalue weighted by molar-refractivity contribution is 0.0579. The van der Waals surface area contributed by atoms with Crippen LogP contribution in [-0.4, -0.2) is 35.7 Å². The van der Waals surface area contributed by atoms with Crippen molar-refractivity contribution in [3.63, 3.8) is 0 Å². The summed E-state index contributed by atoms with van der Waals surface area (Å²) in [5, 5.41) is 9.33. The molecule has 1 N–H and O–H groups in total. The van der Waals surface area contributed by atoms with Gasteiger partial charge in [0.05, 0.1) is 6.61 Å². The first kappa shape index (κ1) is 11.4. The molecule has 0 aromatic heterocycles. The van der Waals surface area contributed by atoms with Crippen molar-refractivity contribution in [3.05, 3.63) is 0 Å². The van der Waals surface area contributed by atoms with E-state index >= 15 is 0 Å². The average molecular weight is 211 g/mol. The molecule has 88 valence electrons. The molecule has 3 unspecified atom stereocenters. The van der Waals surface area contributed by atoms with Gasteiger partial charge in [-0.25, -0.2) is 0 Å². The van der Waals surface area contributed by atoms with Crippen molar-refractivity contribution in [1.29, 1.82) is 0 Å². The lowest BCUT2D eigenvalue weighted by Gasteiger charge is -2.37. The molecule has 0 heterocycles. The Balaban J connectivity index is 1.87. The highest BCUT2D eigenvalue weighted by Crippen LogP contribution is 2.48. The minimum Gasteiger partial charge on any atom is -0.394 e. The van der Waals surface area contributed by atoms with E-state index in [0.29, 0.717) is 0 Å². The second-order valence-corrected chi connectivity index (χ2v) is 6.29. The average Bonchev–Trinajstić information content (AvgIpc) is 2.79. The molecule has 2 saturated carbocycles. The zero-order valence-electron chi connectivity index (χ0n) is 10.4. The number of rotatable bonds is 4. The van der Waals surface area contributed by atoms with Crippen molar-refractivity contribution in [1.82, 2.24) is 4.90 Å². The van der Waals surface area contributed by atoms with Gasteiger partial charge < -0.3 is 5.11 Å². The monoisotopic (exact) mass is 211 g/mol. The van der Waals surface area contributed by atoms with Crippen LogP contribution in [0.25, 0.3) is 0 Å². The van der Waals surface area contributed by atoms with E-state index in [0.717, 1.165) is 17.8 Å². The number of nitrogens with zero attached hydrogens (tertiary/aromatic N) is 1. The Morgan fingerprint density at radius 1 is 1.27 bits per heavy atom. The molecule has 2 rings (SSSR count). The number of aliphatic hydroxyl groups excluding tert-OH is 1. The highest BCUT2D eigenvalue weighted by Gasteiger charge is 2.40. The largest absolute Gasteiger partial charge is 0.394 e. The normalized spacial score (nSPS) is 35.4. The summed E-state index contributed by atoms with van der Waals surface area (Å²) >= 11 is 0. The van der Waals surface area contributed by atoms with Crippen LogP contribution in [0, 0.1) is 17.8 Å². The van der Waals surface area contributed by atoms with E-state index in [2.05, 4.69) is 25.8 Å². The highest BCUT2D eigenvalue weighted by atomic mass is 16.3. The molecule has 2 bridgehead atoms. The minimum atomic E-state index is -0.0537. The first-order valence-corrected chi connectivity index (χ1v) is 6.35. The Morgan fingerprint density at radius 2 is 2.00 bits per heavy atom. The van der Waals surface area contributed by atoms with Crippen molar-refractivity contribution in [3.8, 4) is 0 Å². The van der Waals surface area contributed by atoms with Crippen molar-refractivity contribution in [2.45, 2.75) is 45.1 Å². The SMILES string of the molecule is CN(CC1CC2CCC1C2)C(C)(C)CO. The molecule has 2 aliphatic carbocycles. The predicted octanol–water partition coefficient (Wildman–Crippen LogP) is 2.13. The summed E-state index contributed by atoms with van der Waals surface area (Å²) in [6.07, 6.45) is 5.87. The van der Waals surface area contributed by atoms with Crippen molar-refractivity contribution in [2.24, 2.45) is 17.8 Å². The van der Waals surface area contributed by atoms with E-state index in [1.807, 2.05) is 0 Å². The Hall–Kier alpha value is -0.0800. The maximum atomic E-state index is 9.33. The Labute approximate surface area is 93.7 Å². The van der Waals surface area contributed by atoms with Gasteiger partial charge in [0.25, 0.3) is 0 Å². The van der Waals surface area contributed by atoms with E-state index < -0.39 is 0 Å². The summed E-state index contributed by atoms with van der Waals surface area (Å²) in [5.41, 5.74) is -0.0537. The van der Waals surface area contributed by atoms with Gasteiger partial charge in [-0.15, -0.1) is 0 Å². The third-order valence-corrected chi connectivity index (χ3v) is 4.81. The molecule has 2 heteroatoms. The summed E-state index contributed by atoms with van der Waals surface area (Å²) < 4.78 is 0. The van der Waals surface area contributed by atoms with Gasteiger partial charge >= 0.3 is 0 Å². The molecule has 2 fully saturated rings. The maximum Gasteiger partial charge on any atom is 0.0609 e. The van der Waals surface area contributed by atoms with Gasteiger partial charge in [-0.05, 0) is 57.9 Å². The molecule has 0 amide bonds. The van der Waals surface area contributed by atoms with E-state index in [1.54, 1.807) is 0 Å². The predicted molar refractivity (Wildman–Crippen MR) is 62.7 cm³/mol. The third kappa shape index (κ3) is 2.21. The van der Waals surface area contributed by atoms with E-state index in [4.69, 9.17) is 0 Å². The summed E-state index contributed by atoms with van der Waals surface area (Å²) in [6, 6.07) is 0. The molecule has 0 aliphatic heterocycles. The number of fused-ring (bicyclic) bond motifs is 2. The van der Waals surface area contributed by atoms with E-state index in [1.165, 1.54) is 32.2 Å². The molecule has 0 saturated heterocycles. The summed E-state index contributed by atoms with van der Waals surface area (Å²) in [7, 11) is 2.15. The van der Waals surface area contributed by atoms with E-state index in [-0.39, 0.29) is 12.1 Å². The standard InChI is InChI=1S/C13H25NO/c1-13(2,9-15)14(3)8-12-7-10-4-5-11(12)6-10/h10-12,15H,4-9H2,1-3H3. The summed E-state index contributed by atoms with van der Waals surface area (Å²) in [4.78, 5) is 2.35. The van der Waals surface area contributed by atoms with Crippen LogP contribution in [0.15, 0.2) is 0 Å². The van der Waals surface area contributed by atoms with Gasteiger partial charge in [0.15, 0.2) is 0 Å². The number of hydrogen-bond donors (Lipinski definition) is 1.